The molecule has 18 heavy (non-hydrogen) atoms. The van der Waals surface area contributed by atoms with Gasteiger partial charge in [0.25, 0.3) is 0 Å². The van der Waals surface area contributed by atoms with Crippen LogP contribution in [0.3, 0.4) is 0 Å². The molecule has 2 rings (SSSR count). The van der Waals surface area contributed by atoms with Crippen molar-refractivity contribution in [1.82, 2.24) is 9.80 Å². The zero-order valence-electron chi connectivity index (χ0n) is 11.4. The van der Waals surface area contributed by atoms with Gasteiger partial charge >= 0.3 is 0 Å². The van der Waals surface area contributed by atoms with E-state index in [0.29, 0.717) is 17.0 Å². The van der Waals surface area contributed by atoms with Crippen LogP contribution in [0, 0.1) is 5.92 Å². The number of anilines is 1. The molecule has 2 unspecified atom stereocenters. The van der Waals surface area contributed by atoms with E-state index in [0.717, 1.165) is 25.3 Å². The molecule has 0 aliphatic carbocycles. The summed E-state index contributed by atoms with van der Waals surface area (Å²) in [6.45, 7) is 5.47. The number of likely N-dealkylation sites (N-methyl/N-ethyl adjacent to an activating group) is 1. The Morgan fingerprint density at radius 1 is 1.39 bits per heavy atom. The Morgan fingerprint density at radius 3 is 2.67 bits per heavy atom. The van der Waals surface area contributed by atoms with Crippen molar-refractivity contribution in [3.63, 3.8) is 0 Å². The predicted octanol–water partition coefficient (Wildman–Crippen LogP) is 2.30. The lowest BCUT2D eigenvalue weighted by molar-refractivity contribution is 0.250. The molecular weight excluding hydrogens is 246 g/mol. The van der Waals surface area contributed by atoms with Crippen LogP contribution in [0.2, 0.25) is 5.02 Å². The lowest BCUT2D eigenvalue weighted by Gasteiger charge is -2.22. The number of halogens is 1. The fraction of sp³-hybridized carbons (Fsp3) is 0.571. The van der Waals surface area contributed by atoms with E-state index in [9.17, 15) is 0 Å². The molecule has 1 saturated heterocycles. The van der Waals surface area contributed by atoms with E-state index in [1.165, 1.54) is 5.56 Å². The van der Waals surface area contributed by atoms with E-state index in [2.05, 4.69) is 30.8 Å². The molecule has 1 heterocycles. The Bertz CT molecular complexity index is 420. The smallest absolute Gasteiger partial charge is 0.0426 e. The molecule has 1 aliphatic heterocycles. The summed E-state index contributed by atoms with van der Waals surface area (Å²) in [6.07, 6.45) is 0. The Morgan fingerprint density at radius 2 is 2.11 bits per heavy atom. The highest BCUT2D eigenvalue weighted by Gasteiger charge is 2.30. The number of hydrogen-bond donors (Lipinski definition) is 1. The zero-order chi connectivity index (χ0) is 13.3. The van der Waals surface area contributed by atoms with Crippen molar-refractivity contribution >= 4 is 17.3 Å². The number of likely N-dealkylation sites (tertiary alicyclic amines) is 1. The number of nitrogen functional groups attached to an aromatic ring is 1. The van der Waals surface area contributed by atoms with Crippen LogP contribution in [0.5, 0.6) is 0 Å². The molecule has 0 amide bonds. The predicted molar refractivity (Wildman–Crippen MR) is 77.8 cm³/mol. The first kappa shape index (κ1) is 13.7. The van der Waals surface area contributed by atoms with Gasteiger partial charge in [0.2, 0.25) is 0 Å². The largest absolute Gasteiger partial charge is 0.398 e. The fourth-order valence-electron chi connectivity index (χ4n) is 2.80. The SMILES string of the molecule is CC1CN(Cc2ccc(Cl)cc2N)CC1N(C)C. The van der Waals surface area contributed by atoms with Crippen molar-refractivity contribution in [3.8, 4) is 0 Å². The highest BCUT2D eigenvalue weighted by Crippen LogP contribution is 2.25. The van der Waals surface area contributed by atoms with Gasteiger partial charge in [0.1, 0.15) is 0 Å². The molecule has 4 heteroatoms. The molecule has 0 aromatic heterocycles. The van der Waals surface area contributed by atoms with Gasteiger partial charge in [-0.05, 0) is 37.7 Å². The van der Waals surface area contributed by atoms with Crippen LogP contribution in [-0.4, -0.2) is 43.0 Å². The summed E-state index contributed by atoms with van der Waals surface area (Å²) in [5.74, 6) is 0.702. The molecule has 0 radical (unpaired) electrons. The number of nitrogens with two attached hydrogens (primary N) is 1. The standard InChI is InChI=1S/C14H22ClN3/c1-10-7-18(9-14(10)17(2)3)8-11-4-5-12(15)6-13(11)16/h4-6,10,14H,7-9,16H2,1-3H3. The molecule has 1 fully saturated rings. The molecule has 1 aromatic rings. The molecule has 0 bridgehead atoms. The van der Waals surface area contributed by atoms with Gasteiger partial charge in [-0.1, -0.05) is 24.6 Å². The van der Waals surface area contributed by atoms with Gasteiger partial charge in [0.05, 0.1) is 0 Å². The number of nitrogens with zero attached hydrogens (tertiary/aromatic N) is 2. The topological polar surface area (TPSA) is 32.5 Å². The van der Waals surface area contributed by atoms with E-state index >= 15 is 0 Å². The minimum atomic E-state index is 0.638. The van der Waals surface area contributed by atoms with Crippen molar-refractivity contribution in [1.29, 1.82) is 0 Å². The Hall–Kier alpha value is -0.770. The Kier molecular flexibility index (Phi) is 4.15. The third-order valence-electron chi connectivity index (χ3n) is 3.81. The Labute approximate surface area is 115 Å². The molecule has 1 aliphatic rings. The number of hydrogen-bond acceptors (Lipinski definition) is 3. The molecule has 100 valence electrons. The maximum Gasteiger partial charge on any atom is 0.0426 e. The first-order chi connectivity index (χ1) is 8.47. The van der Waals surface area contributed by atoms with E-state index in [1.54, 1.807) is 0 Å². The summed E-state index contributed by atoms with van der Waals surface area (Å²) in [4.78, 5) is 4.78. The van der Waals surface area contributed by atoms with Crippen LogP contribution in [0.25, 0.3) is 0 Å². The highest BCUT2D eigenvalue weighted by molar-refractivity contribution is 6.30. The first-order valence-electron chi connectivity index (χ1n) is 6.40. The van der Waals surface area contributed by atoms with Crippen LogP contribution in [0.15, 0.2) is 18.2 Å². The van der Waals surface area contributed by atoms with Crippen molar-refractivity contribution in [2.24, 2.45) is 5.92 Å². The van der Waals surface area contributed by atoms with Gasteiger partial charge in [0, 0.05) is 36.4 Å². The molecule has 0 saturated carbocycles. The van der Waals surface area contributed by atoms with Crippen molar-refractivity contribution in [2.45, 2.75) is 19.5 Å². The van der Waals surface area contributed by atoms with Crippen LogP contribution < -0.4 is 5.73 Å². The molecule has 2 N–H and O–H groups in total. The second-order valence-corrected chi connectivity index (χ2v) is 5.98. The third-order valence-corrected chi connectivity index (χ3v) is 4.05. The monoisotopic (exact) mass is 267 g/mol. The quantitative estimate of drug-likeness (QED) is 0.853. The second kappa shape index (κ2) is 5.47. The van der Waals surface area contributed by atoms with E-state index < -0.39 is 0 Å². The van der Waals surface area contributed by atoms with Gasteiger partial charge in [-0.3, -0.25) is 4.90 Å². The summed E-state index contributed by atoms with van der Waals surface area (Å²) in [7, 11) is 4.31. The van der Waals surface area contributed by atoms with E-state index in [-0.39, 0.29) is 0 Å². The third kappa shape index (κ3) is 2.97. The van der Waals surface area contributed by atoms with Gasteiger partial charge in [0.15, 0.2) is 0 Å². The maximum atomic E-state index is 6.01. The summed E-state index contributed by atoms with van der Waals surface area (Å²) in [5.41, 5.74) is 7.97. The summed E-state index contributed by atoms with van der Waals surface area (Å²) in [6, 6.07) is 6.42. The summed E-state index contributed by atoms with van der Waals surface area (Å²) in [5, 5.41) is 0.706. The highest BCUT2D eigenvalue weighted by atomic mass is 35.5. The first-order valence-corrected chi connectivity index (χ1v) is 6.78. The van der Waals surface area contributed by atoms with Gasteiger partial charge in [-0.2, -0.15) is 0 Å². The summed E-state index contributed by atoms with van der Waals surface area (Å²) < 4.78 is 0. The van der Waals surface area contributed by atoms with Crippen LogP contribution in [0.1, 0.15) is 12.5 Å². The lowest BCUT2D eigenvalue weighted by Crippen LogP contribution is -2.34. The van der Waals surface area contributed by atoms with E-state index in [1.807, 2.05) is 18.2 Å². The summed E-state index contributed by atoms with van der Waals surface area (Å²) >= 11 is 5.92. The zero-order valence-corrected chi connectivity index (χ0v) is 12.1. The van der Waals surface area contributed by atoms with Crippen LogP contribution in [-0.2, 0) is 6.54 Å². The number of benzene rings is 1. The average molecular weight is 268 g/mol. The van der Waals surface area contributed by atoms with Crippen molar-refractivity contribution in [3.05, 3.63) is 28.8 Å². The van der Waals surface area contributed by atoms with Crippen LogP contribution in [0.4, 0.5) is 5.69 Å². The lowest BCUT2D eigenvalue weighted by atomic mass is 10.1. The normalized spacial score (nSPS) is 24.9. The maximum absolute atomic E-state index is 6.01. The average Bonchev–Trinajstić information content (AvgIpc) is 2.64. The van der Waals surface area contributed by atoms with Gasteiger partial charge < -0.3 is 10.6 Å². The molecular formula is C14H22ClN3. The van der Waals surface area contributed by atoms with Gasteiger partial charge in [-0.15, -0.1) is 0 Å². The Balaban J connectivity index is 2.03. The molecule has 2 atom stereocenters. The van der Waals surface area contributed by atoms with Crippen molar-refractivity contribution in [2.75, 3.05) is 32.9 Å². The van der Waals surface area contributed by atoms with Crippen LogP contribution >= 0.6 is 11.6 Å². The second-order valence-electron chi connectivity index (χ2n) is 5.55. The van der Waals surface area contributed by atoms with Gasteiger partial charge in [-0.25, -0.2) is 0 Å². The molecule has 1 aromatic carbocycles. The minimum absolute atomic E-state index is 0.638. The minimum Gasteiger partial charge on any atom is -0.398 e. The fourth-order valence-corrected chi connectivity index (χ4v) is 2.98. The van der Waals surface area contributed by atoms with Crippen molar-refractivity contribution < 1.29 is 0 Å². The molecule has 0 spiro atoms. The molecule has 3 nitrogen and oxygen atoms in total. The van der Waals surface area contributed by atoms with E-state index in [4.69, 9.17) is 17.3 Å². The number of rotatable bonds is 3.